The van der Waals surface area contributed by atoms with Crippen molar-refractivity contribution in [2.24, 2.45) is 0 Å². The number of carbonyl (C=O) groups excluding carboxylic acids is 1. The van der Waals surface area contributed by atoms with E-state index in [1.807, 2.05) is 6.33 Å². The topological polar surface area (TPSA) is 84.2 Å². The normalized spacial score (nSPS) is 13.3. The van der Waals surface area contributed by atoms with E-state index in [9.17, 15) is 18.0 Å². The van der Waals surface area contributed by atoms with Gasteiger partial charge in [0.2, 0.25) is 5.91 Å². The van der Waals surface area contributed by atoms with E-state index in [4.69, 9.17) is 9.90 Å². The highest BCUT2D eigenvalue weighted by atomic mass is 19.4. The largest absolute Gasteiger partial charge is 0.490 e. The average molecular weight is 333 g/mol. The van der Waals surface area contributed by atoms with Crippen molar-refractivity contribution in [1.82, 2.24) is 14.9 Å². The molecule has 0 fully saturated rings. The molecule has 1 heterocycles. The first-order chi connectivity index (χ1) is 10.8. The van der Waals surface area contributed by atoms with E-state index >= 15 is 0 Å². The van der Waals surface area contributed by atoms with E-state index in [1.165, 1.54) is 30.3 Å². The molecule has 23 heavy (non-hydrogen) atoms. The van der Waals surface area contributed by atoms with Gasteiger partial charge in [-0.25, -0.2) is 9.78 Å². The number of carboxylic acid groups (broad SMARTS) is 1. The van der Waals surface area contributed by atoms with Gasteiger partial charge in [-0.1, -0.05) is 6.58 Å². The van der Waals surface area contributed by atoms with Crippen molar-refractivity contribution in [2.45, 2.75) is 38.4 Å². The molecule has 0 bridgehead atoms. The van der Waals surface area contributed by atoms with Crippen molar-refractivity contribution in [3.05, 3.63) is 30.4 Å². The van der Waals surface area contributed by atoms with E-state index in [0.717, 1.165) is 19.4 Å². The highest BCUT2D eigenvalue weighted by Gasteiger charge is 2.38. The number of aryl methyl sites for hydroxylation is 1. The van der Waals surface area contributed by atoms with Crippen LogP contribution in [0.4, 0.5) is 13.2 Å². The zero-order chi connectivity index (χ0) is 17.5. The molecule has 128 valence electrons. The second kappa shape index (κ2) is 8.35. The zero-order valence-electron chi connectivity index (χ0n) is 12.4. The van der Waals surface area contributed by atoms with Crippen LogP contribution in [0.5, 0.6) is 0 Å². The molecule has 0 aromatic carbocycles. The van der Waals surface area contributed by atoms with Crippen LogP contribution < -0.4 is 5.32 Å². The van der Waals surface area contributed by atoms with Crippen molar-refractivity contribution < 1.29 is 27.9 Å². The number of carboxylic acids is 1. The molecule has 1 aromatic rings. The van der Waals surface area contributed by atoms with Crippen LogP contribution >= 0.6 is 0 Å². The van der Waals surface area contributed by atoms with Crippen LogP contribution in [0.1, 0.15) is 24.2 Å². The van der Waals surface area contributed by atoms with Crippen LogP contribution in [0.15, 0.2) is 19.0 Å². The third-order valence-electron chi connectivity index (χ3n) is 3.19. The van der Waals surface area contributed by atoms with Gasteiger partial charge in [0.25, 0.3) is 0 Å². The second-order valence-corrected chi connectivity index (χ2v) is 4.84. The number of rotatable bonds is 4. The number of amides is 1. The number of imidazole rings is 1. The summed E-state index contributed by atoms with van der Waals surface area (Å²) in [6, 6.07) is 0. The predicted molar refractivity (Wildman–Crippen MR) is 75.8 cm³/mol. The van der Waals surface area contributed by atoms with E-state index in [-0.39, 0.29) is 5.91 Å². The molecule has 0 spiro atoms. The minimum absolute atomic E-state index is 0.117. The van der Waals surface area contributed by atoms with Crippen LogP contribution in [-0.2, 0) is 29.0 Å². The third-order valence-corrected chi connectivity index (χ3v) is 3.19. The summed E-state index contributed by atoms with van der Waals surface area (Å²) in [5.74, 6) is -2.87. The summed E-state index contributed by atoms with van der Waals surface area (Å²) in [6.07, 6.45) is 2.81. The third kappa shape index (κ3) is 6.13. The highest BCUT2D eigenvalue weighted by molar-refractivity contribution is 5.86. The molecule has 2 N–H and O–H groups in total. The minimum Gasteiger partial charge on any atom is -0.475 e. The smallest absolute Gasteiger partial charge is 0.475 e. The molecule has 6 nitrogen and oxygen atoms in total. The summed E-state index contributed by atoms with van der Waals surface area (Å²) in [7, 11) is 0. The van der Waals surface area contributed by atoms with Gasteiger partial charge in [0.1, 0.15) is 0 Å². The molecule has 0 unspecified atom stereocenters. The Morgan fingerprint density at radius 2 is 2.00 bits per heavy atom. The summed E-state index contributed by atoms with van der Waals surface area (Å²) in [6.45, 7) is 4.84. The molecule has 9 heteroatoms. The van der Waals surface area contributed by atoms with Gasteiger partial charge in [0.15, 0.2) is 0 Å². The van der Waals surface area contributed by atoms with E-state index in [0.29, 0.717) is 6.54 Å². The van der Waals surface area contributed by atoms with E-state index < -0.39 is 12.1 Å². The van der Waals surface area contributed by atoms with Gasteiger partial charge >= 0.3 is 12.1 Å². The molecule has 0 atom stereocenters. The molecule has 2 rings (SSSR count). The summed E-state index contributed by atoms with van der Waals surface area (Å²) >= 11 is 0. The van der Waals surface area contributed by atoms with Crippen molar-refractivity contribution >= 4 is 11.9 Å². The quantitative estimate of drug-likeness (QED) is 0.822. The van der Waals surface area contributed by atoms with Crippen molar-refractivity contribution in [3.63, 3.8) is 0 Å². The Kier molecular flexibility index (Phi) is 6.80. The van der Waals surface area contributed by atoms with Crippen LogP contribution in [0, 0.1) is 0 Å². The van der Waals surface area contributed by atoms with Crippen LogP contribution in [-0.4, -0.2) is 39.3 Å². The summed E-state index contributed by atoms with van der Waals surface area (Å²) in [5, 5.41) is 9.90. The fraction of sp³-hybridized carbons (Fsp3) is 0.500. The Morgan fingerprint density at radius 3 is 2.57 bits per heavy atom. The summed E-state index contributed by atoms with van der Waals surface area (Å²) in [5.41, 5.74) is 2.58. The molecule has 1 aliphatic carbocycles. The number of fused-ring (bicyclic) bond motifs is 1. The zero-order valence-corrected chi connectivity index (χ0v) is 12.4. The number of carbonyl (C=O) groups is 2. The second-order valence-electron chi connectivity index (χ2n) is 4.84. The Morgan fingerprint density at radius 1 is 1.39 bits per heavy atom. The minimum atomic E-state index is -5.08. The lowest BCUT2D eigenvalue weighted by Crippen LogP contribution is -2.25. The Bertz CT molecular complexity index is 567. The van der Waals surface area contributed by atoms with Gasteiger partial charge in [0, 0.05) is 18.8 Å². The molecule has 0 radical (unpaired) electrons. The Labute approximate surface area is 131 Å². The fourth-order valence-electron chi connectivity index (χ4n) is 2.10. The van der Waals surface area contributed by atoms with Crippen molar-refractivity contribution in [3.8, 4) is 0 Å². The Balaban J connectivity index is 0.000000322. The molecular weight excluding hydrogens is 315 g/mol. The molecule has 1 aromatic heterocycles. The number of aliphatic carboxylic acids is 1. The number of nitrogens with zero attached hydrogens (tertiary/aromatic N) is 2. The lowest BCUT2D eigenvalue weighted by atomic mass is 10.0. The fourth-order valence-corrected chi connectivity index (χ4v) is 2.10. The maximum Gasteiger partial charge on any atom is 0.490 e. The molecule has 0 saturated carbocycles. The highest BCUT2D eigenvalue weighted by Crippen LogP contribution is 2.19. The summed E-state index contributed by atoms with van der Waals surface area (Å²) < 4.78 is 33.9. The first-order valence-corrected chi connectivity index (χ1v) is 6.99. The number of hydrogen-bond donors (Lipinski definition) is 2. The van der Waals surface area contributed by atoms with Gasteiger partial charge in [-0.15, -0.1) is 0 Å². The first kappa shape index (κ1) is 18.7. The molecular formula is C14H18F3N3O3. The van der Waals surface area contributed by atoms with Gasteiger partial charge in [0.05, 0.1) is 12.0 Å². The van der Waals surface area contributed by atoms with Crippen molar-refractivity contribution in [2.75, 3.05) is 6.54 Å². The van der Waals surface area contributed by atoms with Gasteiger partial charge < -0.3 is 15.0 Å². The van der Waals surface area contributed by atoms with Gasteiger partial charge in [-0.05, 0) is 31.8 Å². The SMILES string of the molecule is C=CC(=O)NCCn1cnc2c1CCCC2.O=C(O)C(F)(F)F. The maximum absolute atomic E-state index is 11.0. The molecule has 1 aliphatic rings. The molecule has 1 amide bonds. The van der Waals surface area contributed by atoms with Crippen molar-refractivity contribution in [1.29, 1.82) is 0 Å². The monoisotopic (exact) mass is 333 g/mol. The lowest BCUT2D eigenvalue weighted by molar-refractivity contribution is -0.192. The number of alkyl halides is 3. The Hall–Kier alpha value is -2.32. The van der Waals surface area contributed by atoms with Crippen LogP contribution in [0.25, 0.3) is 0 Å². The summed E-state index contributed by atoms with van der Waals surface area (Å²) in [4.78, 5) is 24.3. The predicted octanol–water partition coefficient (Wildman–Crippen LogP) is 1.70. The average Bonchev–Trinajstić information content (AvgIpc) is 2.90. The number of halogens is 3. The molecule has 0 aliphatic heterocycles. The number of hydrogen-bond acceptors (Lipinski definition) is 3. The van der Waals surface area contributed by atoms with E-state index in [2.05, 4.69) is 21.4 Å². The van der Waals surface area contributed by atoms with E-state index in [1.54, 1.807) is 0 Å². The van der Waals surface area contributed by atoms with Gasteiger partial charge in [-0.3, -0.25) is 4.79 Å². The first-order valence-electron chi connectivity index (χ1n) is 6.99. The van der Waals surface area contributed by atoms with Gasteiger partial charge in [-0.2, -0.15) is 13.2 Å². The van der Waals surface area contributed by atoms with Crippen LogP contribution in [0.3, 0.4) is 0 Å². The number of aromatic nitrogens is 2. The molecule has 0 saturated heterocycles. The maximum atomic E-state index is 11.0. The standard InChI is InChI=1S/C12H17N3O.C2HF3O2/c1-2-12(16)13-7-8-15-9-14-10-5-3-4-6-11(10)15;3-2(4,5)1(6)7/h2,9H,1,3-8H2,(H,13,16);(H,6,7). The lowest BCUT2D eigenvalue weighted by Gasteiger charge is -2.13. The van der Waals surface area contributed by atoms with Crippen LogP contribution in [0.2, 0.25) is 0 Å². The number of nitrogens with one attached hydrogen (secondary N) is 1.